The molecule has 0 radical (unpaired) electrons. The Morgan fingerprint density at radius 3 is 2.38 bits per heavy atom. The number of carbonyl (C=O) groups excluding carboxylic acids is 2. The van der Waals surface area contributed by atoms with Crippen LogP contribution < -0.4 is 5.32 Å². The van der Waals surface area contributed by atoms with E-state index in [0.717, 1.165) is 0 Å². The molecule has 0 aliphatic heterocycles. The van der Waals surface area contributed by atoms with E-state index in [4.69, 9.17) is 11.6 Å². The van der Waals surface area contributed by atoms with Crippen LogP contribution in [0, 0.1) is 5.92 Å². The molecule has 0 fully saturated rings. The summed E-state index contributed by atoms with van der Waals surface area (Å²) in [4.78, 5) is 21.9. The number of alkyl halides is 1. The molecule has 0 spiro atoms. The number of methoxy groups -OCH3 is 1. The second-order valence-corrected chi connectivity index (χ2v) is 3.14. The molecule has 0 aromatic rings. The van der Waals surface area contributed by atoms with Gasteiger partial charge in [-0.05, 0) is 0 Å². The van der Waals surface area contributed by atoms with Gasteiger partial charge < -0.3 is 10.1 Å². The molecule has 0 aliphatic rings. The van der Waals surface area contributed by atoms with E-state index in [-0.39, 0.29) is 11.8 Å². The first-order valence-electron chi connectivity index (χ1n) is 3.93. The summed E-state index contributed by atoms with van der Waals surface area (Å²) in [5.41, 5.74) is 0. The molecule has 0 aromatic carbocycles. The summed E-state index contributed by atoms with van der Waals surface area (Å²) in [7, 11) is 1.28. The minimum absolute atomic E-state index is 0.141. The van der Waals surface area contributed by atoms with Crippen LogP contribution in [0.25, 0.3) is 0 Å². The van der Waals surface area contributed by atoms with E-state index in [1.54, 1.807) is 6.92 Å². The second-order valence-electron chi connectivity index (χ2n) is 2.83. The van der Waals surface area contributed by atoms with Crippen LogP contribution >= 0.6 is 11.6 Å². The first kappa shape index (κ1) is 12.2. The zero-order valence-electron chi connectivity index (χ0n) is 7.96. The Hall–Kier alpha value is -0.770. The highest BCUT2D eigenvalue weighted by molar-refractivity contribution is 6.18. The fraction of sp³-hybridized carbons (Fsp3) is 0.750. The van der Waals surface area contributed by atoms with Crippen molar-refractivity contribution in [2.75, 3.05) is 13.0 Å². The van der Waals surface area contributed by atoms with Gasteiger partial charge in [-0.15, -0.1) is 11.6 Å². The summed E-state index contributed by atoms with van der Waals surface area (Å²) in [5, 5.41) is 2.48. The van der Waals surface area contributed by atoms with Crippen LogP contribution in [-0.4, -0.2) is 30.9 Å². The predicted molar refractivity (Wildman–Crippen MR) is 49.5 cm³/mol. The van der Waals surface area contributed by atoms with Crippen molar-refractivity contribution in [3.8, 4) is 0 Å². The molecule has 0 aromatic heterocycles. The molecule has 0 aliphatic carbocycles. The van der Waals surface area contributed by atoms with Gasteiger partial charge in [0.1, 0.15) is 6.04 Å². The van der Waals surface area contributed by atoms with Crippen molar-refractivity contribution in [1.82, 2.24) is 5.32 Å². The van der Waals surface area contributed by atoms with Crippen LogP contribution in [0.5, 0.6) is 0 Å². The summed E-state index contributed by atoms with van der Waals surface area (Å²) in [5.74, 6) is -0.589. The van der Waals surface area contributed by atoms with E-state index in [2.05, 4.69) is 10.1 Å². The normalized spacial score (nSPS) is 14.5. The first-order valence-corrected chi connectivity index (χ1v) is 4.47. The van der Waals surface area contributed by atoms with E-state index in [1.165, 1.54) is 14.0 Å². The summed E-state index contributed by atoms with van der Waals surface area (Å²) >= 11 is 5.57. The number of nitrogens with one attached hydrogen (secondary N) is 1. The zero-order valence-corrected chi connectivity index (χ0v) is 8.72. The Kier molecular flexibility index (Phi) is 5.46. The van der Waals surface area contributed by atoms with Gasteiger partial charge in [0.15, 0.2) is 0 Å². The number of amides is 1. The monoisotopic (exact) mass is 207 g/mol. The van der Waals surface area contributed by atoms with Gasteiger partial charge in [-0.1, -0.05) is 6.92 Å². The lowest BCUT2D eigenvalue weighted by Gasteiger charge is -2.20. The molecule has 1 amide bonds. The Morgan fingerprint density at radius 2 is 2.08 bits per heavy atom. The van der Waals surface area contributed by atoms with Crippen LogP contribution in [-0.2, 0) is 14.3 Å². The lowest BCUT2D eigenvalue weighted by molar-refractivity contribution is -0.146. The number of carbonyl (C=O) groups is 2. The Labute approximate surface area is 82.6 Å². The van der Waals surface area contributed by atoms with E-state index >= 15 is 0 Å². The van der Waals surface area contributed by atoms with Gasteiger partial charge in [-0.3, -0.25) is 4.79 Å². The largest absolute Gasteiger partial charge is 0.467 e. The number of hydrogen-bond acceptors (Lipinski definition) is 3. The van der Waals surface area contributed by atoms with Crippen LogP contribution in [0.3, 0.4) is 0 Å². The number of rotatable bonds is 4. The van der Waals surface area contributed by atoms with E-state index in [0.29, 0.717) is 5.88 Å². The highest BCUT2D eigenvalue weighted by Gasteiger charge is 2.25. The quantitative estimate of drug-likeness (QED) is 0.541. The minimum Gasteiger partial charge on any atom is -0.467 e. The molecular weight excluding hydrogens is 194 g/mol. The molecule has 0 heterocycles. The topological polar surface area (TPSA) is 55.4 Å². The van der Waals surface area contributed by atoms with Gasteiger partial charge in [0, 0.05) is 18.7 Å². The van der Waals surface area contributed by atoms with Crippen LogP contribution in [0.4, 0.5) is 0 Å². The molecule has 1 N–H and O–H groups in total. The number of ether oxygens (including phenoxy) is 1. The van der Waals surface area contributed by atoms with Gasteiger partial charge in [-0.25, -0.2) is 4.79 Å². The number of hydrogen-bond donors (Lipinski definition) is 1. The predicted octanol–water partition coefficient (Wildman–Crippen LogP) is 0.539. The molecule has 0 unspecified atom stereocenters. The van der Waals surface area contributed by atoms with E-state index < -0.39 is 12.0 Å². The Balaban J connectivity index is 4.35. The van der Waals surface area contributed by atoms with Gasteiger partial charge in [0.25, 0.3) is 0 Å². The molecule has 13 heavy (non-hydrogen) atoms. The smallest absolute Gasteiger partial charge is 0.328 e. The summed E-state index contributed by atoms with van der Waals surface area (Å²) in [6.45, 7) is 3.11. The van der Waals surface area contributed by atoms with E-state index in [1.807, 2.05) is 0 Å². The maximum absolute atomic E-state index is 11.2. The fourth-order valence-electron chi connectivity index (χ4n) is 0.869. The summed E-state index contributed by atoms with van der Waals surface area (Å²) in [6.07, 6.45) is 0. The van der Waals surface area contributed by atoms with E-state index in [9.17, 15) is 9.59 Å². The average Bonchev–Trinajstić information content (AvgIpc) is 2.11. The third-order valence-electron chi connectivity index (χ3n) is 1.63. The Bertz CT molecular complexity index is 196. The molecule has 0 saturated carbocycles. The van der Waals surface area contributed by atoms with Crippen molar-refractivity contribution in [2.24, 2.45) is 5.92 Å². The van der Waals surface area contributed by atoms with Crippen LogP contribution in [0.15, 0.2) is 0 Å². The lowest BCUT2D eigenvalue weighted by atomic mass is 10.0. The van der Waals surface area contributed by atoms with Crippen molar-refractivity contribution < 1.29 is 14.3 Å². The maximum atomic E-state index is 11.2. The average molecular weight is 208 g/mol. The minimum atomic E-state index is -0.653. The molecule has 2 atom stereocenters. The van der Waals surface area contributed by atoms with Crippen molar-refractivity contribution in [3.05, 3.63) is 0 Å². The fourth-order valence-corrected chi connectivity index (χ4v) is 1.05. The Morgan fingerprint density at radius 1 is 1.54 bits per heavy atom. The number of halogens is 1. The van der Waals surface area contributed by atoms with Crippen molar-refractivity contribution >= 4 is 23.5 Å². The second kappa shape index (κ2) is 5.80. The van der Waals surface area contributed by atoms with Crippen molar-refractivity contribution in [2.45, 2.75) is 19.9 Å². The SMILES string of the molecule is COC(=O)[C@@H](NC(C)=O)[C@@H](C)CCl. The molecular formula is C8H14ClNO3. The van der Waals surface area contributed by atoms with Gasteiger partial charge >= 0.3 is 5.97 Å². The van der Waals surface area contributed by atoms with Gasteiger partial charge in [-0.2, -0.15) is 0 Å². The molecule has 76 valence electrons. The summed E-state index contributed by atoms with van der Waals surface area (Å²) < 4.78 is 4.52. The van der Waals surface area contributed by atoms with Gasteiger partial charge in [0.05, 0.1) is 7.11 Å². The third kappa shape index (κ3) is 4.12. The van der Waals surface area contributed by atoms with Gasteiger partial charge in [0.2, 0.25) is 5.91 Å². The maximum Gasteiger partial charge on any atom is 0.328 e. The third-order valence-corrected chi connectivity index (χ3v) is 2.11. The van der Waals surface area contributed by atoms with Crippen LogP contribution in [0.2, 0.25) is 0 Å². The van der Waals surface area contributed by atoms with Crippen molar-refractivity contribution in [1.29, 1.82) is 0 Å². The molecule has 0 rings (SSSR count). The van der Waals surface area contributed by atoms with Crippen molar-refractivity contribution in [3.63, 3.8) is 0 Å². The molecule has 0 saturated heterocycles. The zero-order chi connectivity index (χ0) is 10.4. The number of esters is 1. The molecule has 4 nitrogen and oxygen atoms in total. The highest BCUT2D eigenvalue weighted by atomic mass is 35.5. The molecule has 0 bridgehead atoms. The highest BCUT2D eigenvalue weighted by Crippen LogP contribution is 2.06. The lowest BCUT2D eigenvalue weighted by Crippen LogP contribution is -2.45. The summed E-state index contributed by atoms with van der Waals surface area (Å²) in [6, 6.07) is -0.653. The van der Waals surface area contributed by atoms with Crippen LogP contribution in [0.1, 0.15) is 13.8 Å². The molecule has 5 heteroatoms. The standard InChI is InChI=1S/C8H14ClNO3/c1-5(4-9)7(8(12)13-3)10-6(2)11/h5,7H,4H2,1-3H3,(H,10,11)/t5-,7-/m0/s1. The first-order chi connectivity index (χ1) is 6.02.